The van der Waals surface area contributed by atoms with Crippen LogP contribution in [0.5, 0.6) is 0 Å². The molecule has 0 unspecified atom stereocenters. The molecule has 0 saturated carbocycles. The molecule has 29 heavy (non-hydrogen) atoms. The van der Waals surface area contributed by atoms with E-state index in [0.29, 0.717) is 0 Å². The summed E-state index contributed by atoms with van der Waals surface area (Å²) in [7, 11) is 0. The minimum absolute atomic E-state index is 0.0518. The number of thiol groups is 2. The minimum atomic E-state index is -1.58. The summed E-state index contributed by atoms with van der Waals surface area (Å²) in [5.74, 6) is -6.50. The molecular formula is C14H24N6O7S2. The number of rotatable bonds is 13. The van der Waals surface area contributed by atoms with Gasteiger partial charge in [-0.25, -0.2) is 4.79 Å². The Morgan fingerprint density at radius 3 is 1.41 bits per heavy atom. The van der Waals surface area contributed by atoms with Crippen molar-refractivity contribution in [1.82, 2.24) is 16.0 Å². The van der Waals surface area contributed by atoms with Crippen LogP contribution in [0.15, 0.2) is 0 Å². The van der Waals surface area contributed by atoms with E-state index in [1.165, 1.54) is 0 Å². The lowest BCUT2D eigenvalue weighted by atomic mass is 10.1. The molecule has 5 amide bonds. The van der Waals surface area contributed by atoms with E-state index in [2.05, 4.69) is 41.2 Å². The van der Waals surface area contributed by atoms with Gasteiger partial charge in [0.15, 0.2) is 0 Å². The molecule has 164 valence electrons. The van der Waals surface area contributed by atoms with Crippen LogP contribution in [0.2, 0.25) is 0 Å². The van der Waals surface area contributed by atoms with Crippen LogP contribution in [0.3, 0.4) is 0 Å². The van der Waals surface area contributed by atoms with Gasteiger partial charge >= 0.3 is 5.97 Å². The van der Waals surface area contributed by atoms with Crippen LogP contribution in [0, 0.1) is 0 Å². The first-order valence-corrected chi connectivity index (χ1v) is 9.37. The molecule has 15 heteroatoms. The normalized spacial score (nSPS) is 14.6. The van der Waals surface area contributed by atoms with Crippen LogP contribution in [-0.2, 0) is 28.8 Å². The van der Waals surface area contributed by atoms with E-state index in [9.17, 15) is 28.8 Å². The molecule has 0 radical (unpaired) electrons. The molecule has 0 aliphatic rings. The Balaban J connectivity index is 5.42. The topological polar surface area (TPSA) is 237 Å². The maximum atomic E-state index is 12.5. The van der Waals surface area contributed by atoms with Gasteiger partial charge in [0.05, 0.1) is 18.9 Å². The van der Waals surface area contributed by atoms with Crippen LogP contribution < -0.4 is 33.2 Å². The summed E-state index contributed by atoms with van der Waals surface area (Å²) < 4.78 is 0. The molecule has 0 saturated heterocycles. The number of carbonyl (C=O) groups is 6. The van der Waals surface area contributed by atoms with E-state index in [1.54, 1.807) is 0 Å². The first-order valence-electron chi connectivity index (χ1n) is 8.10. The second kappa shape index (κ2) is 12.8. The molecule has 13 nitrogen and oxygen atoms in total. The molecule has 0 aliphatic heterocycles. The van der Waals surface area contributed by atoms with Crippen LogP contribution in [-0.4, -0.2) is 76.3 Å². The fraction of sp³-hybridized carbons (Fsp3) is 0.571. The number of hydrogen-bond acceptors (Lipinski definition) is 9. The summed E-state index contributed by atoms with van der Waals surface area (Å²) in [6.07, 6.45) is -1.31. The lowest BCUT2D eigenvalue weighted by Crippen LogP contribution is -2.58. The van der Waals surface area contributed by atoms with Gasteiger partial charge in [-0.2, -0.15) is 25.3 Å². The predicted molar refractivity (Wildman–Crippen MR) is 107 cm³/mol. The summed E-state index contributed by atoms with van der Waals surface area (Å²) in [5.41, 5.74) is 15.6. The van der Waals surface area contributed by atoms with Crippen molar-refractivity contribution in [3.8, 4) is 0 Å². The van der Waals surface area contributed by atoms with Gasteiger partial charge in [0.2, 0.25) is 29.5 Å². The van der Waals surface area contributed by atoms with E-state index in [-0.39, 0.29) is 11.5 Å². The maximum absolute atomic E-state index is 12.5. The van der Waals surface area contributed by atoms with Gasteiger partial charge in [-0.15, -0.1) is 0 Å². The van der Waals surface area contributed by atoms with Crippen molar-refractivity contribution < 1.29 is 33.9 Å². The SMILES string of the molecule is NC(=O)C[C@H](NC(=O)[C@H](CC(N)=O)NC(=O)[C@@H](N)CS)C(=O)N[C@@H](CS)C(=O)O. The number of aliphatic carboxylic acids is 1. The van der Waals surface area contributed by atoms with Crippen LogP contribution in [0.1, 0.15) is 12.8 Å². The third-order valence-corrected chi connectivity index (χ3v) is 4.17. The Labute approximate surface area is 176 Å². The van der Waals surface area contributed by atoms with Crippen molar-refractivity contribution in [2.75, 3.05) is 11.5 Å². The van der Waals surface area contributed by atoms with Crippen molar-refractivity contribution in [3.63, 3.8) is 0 Å². The number of nitrogens with two attached hydrogens (primary N) is 3. The monoisotopic (exact) mass is 452 g/mol. The number of carboxylic acids is 1. The zero-order valence-corrected chi connectivity index (χ0v) is 16.9. The molecule has 0 aromatic rings. The van der Waals surface area contributed by atoms with Gasteiger partial charge in [-0.3, -0.25) is 24.0 Å². The number of primary amides is 2. The highest BCUT2D eigenvalue weighted by Gasteiger charge is 2.31. The fourth-order valence-electron chi connectivity index (χ4n) is 1.91. The van der Waals surface area contributed by atoms with Gasteiger partial charge < -0.3 is 38.3 Å². The third kappa shape index (κ3) is 10.00. The van der Waals surface area contributed by atoms with E-state index in [0.717, 1.165) is 0 Å². The Morgan fingerprint density at radius 2 is 1.10 bits per heavy atom. The van der Waals surface area contributed by atoms with Crippen molar-refractivity contribution >= 4 is 60.8 Å². The molecule has 0 aliphatic carbocycles. The minimum Gasteiger partial charge on any atom is -0.480 e. The maximum Gasteiger partial charge on any atom is 0.327 e. The average molecular weight is 453 g/mol. The molecule has 0 heterocycles. The van der Waals surface area contributed by atoms with Crippen molar-refractivity contribution in [1.29, 1.82) is 0 Å². The molecule has 0 spiro atoms. The quantitative estimate of drug-likeness (QED) is 0.123. The van der Waals surface area contributed by atoms with Crippen molar-refractivity contribution in [2.45, 2.75) is 37.0 Å². The first-order chi connectivity index (χ1) is 13.4. The molecule has 0 aromatic carbocycles. The van der Waals surface area contributed by atoms with Gasteiger partial charge in [0.1, 0.15) is 18.1 Å². The smallest absolute Gasteiger partial charge is 0.327 e. The van der Waals surface area contributed by atoms with Gasteiger partial charge in [0.25, 0.3) is 0 Å². The largest absolute Gasteiger partial charge is 0.480 e. The van der Waals surface area contributed by atoms with E-state index in [4.69, 9.17) is 22.3 Å². The Morgan fingerprint density at radius 1 is 0.724 bits per heavy atom. The summed E-state index contributed by atoms with van der Waals surface area (Å²) in [4.78, 5) is 70.1. The highest BCUT2D eigenvalue weighted by molar-refractivity contribution is 7.80. The first kappa shape index (κ1) is 26.5. The highest BCUT2D eigenvalue weighted by atomic mass is 32.1. The fourth-order valence-corrected chi connectivity index (χ4v) is 2.33. The molecule has 4 atom stereocenters. The molecule has 0 fully saturated rings. The number of hydrogen-bond donors (Lipinski definition) is 9. The van der Waals surface area contributed by atoms with Crippen LogP contribution >= 0.6 is 25.3 Å². The van der Waals surface area contributed by atoms with E-state index < -0.39 is 72.5 Å². The van der Waals surface area contributed by atoms with Crippen molar-refractivity contribution in [3.05, 3.63) is 0 Å². The number of carboxylic acid groups (broad SMARTS) is 1. The molecular weight excluding hydrogens is 428 g/mol. The summed E-state index contributed by atoms with van der Waals surface area (Å²) in [6.45, 7) is 0. The second-order valence-electron chi connectivity index (χ2n) is 5.83. The number of carbonyl (C=O) groups excluding carboxylic acids is 5. The predicted octanol–water partition coefficient (Wildman–Crippen LogP) is -4.54. The Kier molecular flexibility index (Phi) is 11.7. The van der Waals surface area contributed by atoms with E-state index in [1.807, 2.05) is 0 Å². The summed E-state index contributed by atoms with van der Waals surface area (Å²) in [6, 6.07) is -5.56. The number of amides is 5. The van der Waals surface area contributed by atoms with Crippen LogP contribution in [0.4, 0.5) is 0 Å². The van der Waals surface area contributed by atoms with Gasteiger partial charge in [-0.05, 0) is 0 Å². The third-order valence-electron chi connectivity index (χ3n) is 3.41. The molecule has 0 rings (SSSR count). The average Bonchev–Trinajstić information content (AvgIpc) is 2.62. The lowest BCUT2D eigenvalue weighted by molar-refractivity contribution is -0.142. The molecule has 0 aromatic heterocycles. The number of nitrogens with one attached hydrogen (secondary N) is 3. The Hall–Kier alpha value is -2.52. The summed E-state index contributed by atoms with van der Waals surface area (Å²) >= 11 is 7.62. The Bertz CT molecular complexity index is 662. The van der Waals surface area contributed by atoms with Gasteiger partial charge in [0, 0.05) is 11.5 Å². The van der Waals surface area contributed by atoms with Gasteiger partial charge in [-0.1, -0.05) is 0 Å². The van der Waals surface area contributed by atoms with Crippen LogP contribution in [0.25, 0.3) is 0 Å². The standard InChI is InChI=1S/C14H24N6O7S2/c15-5(3-28)11(23)18-6(1-9(16)21)12(24)19-7(2-10(17)22)13(25)20-8(4-29)14(26)27/h5-8,28-29H,1-4,15H2,(H2,16,21)(H2,17,22)(H,18,23)(H,19,24)(H,20,25)(H,26,27)/t5-,6-,7-,8-/m0/s1. The molecule has 10 N–H and O–H groups in total. The molecule has 0 bridgehead atoms. The zero-order chi connectivity index (χ0) is 22.7. The lowest BCUT2D eigenvalue weighted by Gasteiger charge is -2.23. The zero-order valence-electron chi connectivity index (χ0n) is 15.2. The summed E-state index contributed by atoms with van der Waals surface area (Å²) in [5, 5.41) is 15.4. The van der Waals surface area contributed by atoms with Crippen molar-refractivity contribution in [2.24, 2.45) is 17.2 Å². The highest BCUT2D eigenvalue weighted by Crippen LogP contribution is 2.00. The van der Waals surface area contributed by atoms with E-state index >= 15 is 0 Å². The second-order valence-corrected chi connectivity index (χ2v) is 6.56.